The maximum absolute atomic E-state index is 11.8. The van der Waals surface area contributed by atoms with Gasteiger partial charge in [-0.25, -0.2) is 0 Å². The third kappa shape index (κ3) is 10.3. The van der Waals surface area contributed by atoms with Crippen LogP contribution in [0.15, 0.2) is 30.3 Å². The highest BCUT2D eigenvalue weighted by atomic mass is 16.6. The highest BCUT2D eigenvalue weighted by Crippen LogP contribution is 2.31. The molecule has 1 saturated heterocycles. The van der Waals surface area contributed by atoms with E-state index in [1.807, 2.05) is 0 Å². The van der Waals surface area contributed by atoms with Gasteiger partial charge in [-0.15, -0.1) is 0 Å². The van der Waals surface area contributed by atoms with Crippen molar-refractivity contribution in [2.45, 2.75) is 122 Å². The lowest BCUT2D eigenvalue weighted by molar-refractivity contribution is -0.186. The Balaban J connectivity index is 1.40. The van der Waals surface area contributed by atoms with E-state index in [-0.39, 0.29) is 18.0 Å². The van der Waals surface area contributed by atoms with Crippen LogP contribution in [0.25, 0.3) is 0 Å². The van der Waals surface area contributed by atoms with Crippen molar-refractivity contribution in [1.82, 2.24) is 0 Å². The number of carbonyl (C=O) groups is 1. The van der Waals surface area contributed by atoms with Crippen LogP contribution in [0.3, 0.4) is 0 Å². The molecule has 0 amide bonds. The highest BCUT2D eigenvalue weighted by Gasteiger charge is 2.40. The predicted octanol–water partition coefficient (Wildman–Crippen LogP) is 8.03. The van der Waals surface area contributed by atoms with Crippen molar-refractivity contribution in [3.63, 3.8) is 0 Å². The summed E-state index contributed by atoms with van der Waals surface area (Å²) in [6.07, 6.45) is 22.1. The second kappa shape index (κ2) is 15.5. The van der Waals surface area contributed by atoms with E-state index >= 15 is 0 Å². The lowest BCUT2D eigenvalue weighted by Gasteiger charge is -2.35. The smallest absolute Gasteiger partial charge is 0.313 e. The molecule has 2 nitrogen and oxygen atoms in total. The molecule has 29 heavy (non-hydrogen) atoms. The van der Waals surface area contributed by atoms with Gasteiger partial charge in [-0.1, -0.05) is 114 Å². The van der Waals surface area contributed by atoms with Gasteiger partial charge in [-0.3, -0.25) is 4.79 Å². The largest absolute Gasteiger partial charge is 0.461 e. The molecular formula is C27H44O2. The Kier molecular flexibility index (Phi) is 12.8. The minimum absolute atomic E-state index is 0.0566. The van der Waals surface area contributed by atoms with Gasteiger partial charge in [0.15, 0.2) is 0 Å². The Morgan fingerprint density at radius 1 is 0.690 bits per heavy atom. The fraction of sp³-hybridized carbons (Fsp3) is 0.741. The molecular weight excluding hydrogens is 356 g/mol. The lowest BCUT2D eigenvalue weighted by Crippen LogP contribution is -2.44. The van der Waals surface area contributed by atoms with E-state index in [0.717, 1.165) is 25.7 Å². The zero-order chi connectivity index (χ0) is 20.6. The zero-order valence-electron chi connectivity index (χ0n) is 18.9. The minimum atomic E-state index is 0.0566. The van der Waals surface area contributed by atoms with E-state index in [0.29, 0.717) is 0 Å². The van der Waals surface area contributed by atoms with Crippen molar-refractivity contribution in [3.8, 4) is 0 Å². The molecule has 0 spiro atoms. The van der Waals surface area contributed by atoms with Gasteiger partial charge >= 0.3 is 5.97 Å². The summed E-state index contributed by atoms with van der Waals surface area (Å²) in [5, 5.41) is 0. The number of cyclic esters (lactones) is 1. The number of ether oxygens (including phenoxy) is 1. The second-order valence-electron chi connectivity index (χ2n) is 8.99. The molecule has 164 valence electrons. The fourth-order valence-corrected chi connectivity index (χ4v) is 4.49. The Morgan fingerprint density at radius 2 is 1.24 bits per heavy atom. The zero-order valence-corrected chi connectivity index (χ0v) is 18.9. The Labute approximate surface area is 179 Å². The van der Waals surface area contributed by atoms with E-state index < -0.39 is 0 Å². The third-order valence-corrected chi connectivity index (χ3v) is 6.43. The summed E-state index contributed by atoms with van der Waals surface area (Å²) in [6, 6.07) is 10.7. The third-order valence-electron chi connectivity index (χ3n) is 6.43. The average Bonchev–Trinajstić information content (AvgIpc) is 2.74. The van der Waals surface area contributed by atoms with Crippen LogP contribution in [0.2, 0.25) is 0 Å². The van der Waals surface area contributed by atoms with Gasteiger partial charge < -0.3 is 4.74 Å². The first-order chi connectivity index (χ1) is 14.3. The van der Waals surface area contributed by atoms with Gasteiger partial charge in [0, 0.05) is 0 Å². The molecule has 1 aliphatic rings. The summed E-state index contributed by atoms with van der Waals surface area (Å²) in [7, 11) is 0. The van der Waals surface area contributed by atoms with Crippen LogP contribution in [-0.2, 0) is 16.0 Å². The summed E-state index contributed by atoms with van der Waals surface area (Å²) >= 11 is 0. The van der Waals surface area contributed by atoms with E-state index in [1.165, 1.54) is 89.0 Å². The number of aryl methyl sites for hydroxylation is 1. The number of unbranched alkanes of at least 4 members (excludes halogenated alkanes) is 12. The molecule has 1 aliphatic heterocycles. The maximum atomic E-state index is 11.8. The van der Waals surface area contributed by atoms with E-state index in [9.17, 15) is 4.79 Å². The van der Waals surface area contributed by atoms with Crippen molar-refractivity contribution < 1.29 is 9.53 Å². The van der Waals surface area contributed by atoms with Crippen LogP contribution in [0.5, 0.6) is 0 Å². The normalized spacial score (nSPS) is 18.4. The first kappa shape index (κ1) is 24.0. The topological polar surface area (TPSA) is 26.3 Å². The molecule has 1 aromatic carbocycles. The minimum Gasteiger partial charge on any atom is -0.461 e. The number of hydrogen-bond acceptors (Lipinski definition) is 2. The van der Waals surface area contributed by atoms with E-state index in [4.69, 9.17) is 4.74 Å². The van der Waals surface area contributed by atoms with Crippen LogP contribution in [-0.4, -0.2) is 12.1 Å². The Bertz CT molecular complexity index is 525. The van der Waals surface area contributed by atoms with Crippen molar-refractivity contribution in [2.75, 3.05) is 0 Å². The van der Waals surface area contributed by atoms with Crippen molar-refractivity contribution in [1.29, 1.82) is 0 Å². The standard InChI is InChI=1S/C27H44O2/c1-2-3-4-5-6-7-8-9-10-11-18-23-26-25(27(28)29-26)22-17-13-16-21-24-19-14-12-15-20-24/h12,14-15,19-20,25-26H,2-11,13,16-18,21-23H2,1H3/t25-,26+/m1/s1. The summed E-state index contributed by atoms with van der Waals surface area (Å²) < 4.78 is 5.43. The molecule has 1 aromatic rings. The van der Waals surface area contributed by atoms with Crippen LogP contribution >= 0.6 is 0 Å². The van der Waals surface area contributed by atoms with E-state index in [1.54, 1.807) is 0 Å². The first-order valence-corrected chi connectivity index (χ1v) is 12.6. The van der Waals surface area contributed by atoms with Gasteiger partial charge in [0.1, 0.15) is 6.10 Å². The highest BCUT2D eigenvalue weighted by molar-refractivity contribution is 5.78. The van der Waals surface area contributed by atoms with Crippen molar-refractivity contribution in [3.05, 3.63) is 35.9 Å². The van der Waals surface area contributed by atoms with Gasteiger partial charge in [-0.2, -0.15) is 0 Å². The molecule has 0 N–H and O–H groups in total. The molecule has 0 aliphatic carbocycles. The van der Waals surface area contributed by atoms with Crippen LogP contribution in [0.1, 0.15) is 115 Å². The number of esters is 1. The van der Waals surface area contributed by atoms with E-state index in [2.05, 4.69) is 37.3 Å². The number of benzene rings is 1. The van der Waals surface area contributed by atoms with Crippen LogP contribution in [0, 0.1) is 5.92 Å². The molecule has 2 heteroatoms. The van der Waals surface area contributed by atoms with Gasteiger partial charge in [0.25, 0.3) is 0 Å². The quantitative estimate of drug-likeness (QED) is 0.184. The summed E-state index contributed by atoms with van der Waals surface area (Å²) in [4.78, 5) is 11.8. The number of carbonyl (C=O) groups excluding carboxylic acids is 1. The fourth-order valence-electron chi connectivity index (χ4n) is 4.49. The first-order valence-electron chi connectivity index (χ1n) is 12.6. The molecule has 1 fully saturated rings. The van der Waals surface area contributed by atoms with Crippen molar-refractivity contribution in [2.24, 2.45) is 5.92 Å². The van der Waals surface area contributed by atoms with Crippen LogP contribution in [0.4, 0.5) is 0 Å². The number of hydrogen-bond donors (Lipinski definition) is 0. The Hall–Kier alpha value is -1.31. The monoisotopic (exact) mass is 400 g/mol. The molecule has 2 atom stereocenters. The van der Waals surface area contributed by atoms with Gasteiger partial charge in [-0.05, 0) is 37.7 Å². The second-order valence-corrected chi connectivity index (χ2v) is 8.99. The van der Waals surface area contributed by atoms with Crippen LogP contribution < -0.4 is 0 Å². The van der Waals surface area contributed by atoms with Crippen molar-refractivity contribution >= 4 is 5.97 Å². The molecule has 0 radical (unpaired) electrons. The molecule has 0 unspecified atom stereocenters. The van der Waals surface area contributed by atoms with Gasteiger partial charge in [0.2, 0.25) is 0 Å². The summed E-state index contributed by atoms with van der Waals surface area (Å²) in [6.45, 7) is 2.28. The molecule has 0 saturated carbocycles. The Morgan fingerprint density at radius 3 is 1.86 bits per heavy atom. The average molecular weight is 401 g/mol. The molecule has 0 bridgehead atoms. The van der Waals surface area contributed by atoms with Gasteiger partial charge in [0.05, 0.1) is 5.92 Å². The SMILES string of the molecule is CCCCCCCCCCCCC[C@@H]1OC(=O)[C@@H]1CCCCCc1ccccc1. The summed E-state index contributed by atoms with van der Waals surface area (Å²) in [5.41, 5.74) is 1.42. The molecule has 2 rings (SSSR count). The molecule has 1 heterocycles. The number of rotatable bonds is 18. The molecule has 0 aromatic heterocycles. The maximum Gasteiger partial charge on any atom is 0.313 e. The predicted molar refractivity (Wildman–Crippen MR) is 123 cm³/mol. The summed E-state index contributed by atoms with van der Waals surface area (Å²) in [5.74, 6) is 0.246. The lowest BCUT2D eigenvalue weighted by atomic mass is 9.87.